The monoisotopic (exact) mass is 474 g/mol. The highest BCUT2D eigenvalue weighted by Gasteiger charge is 2.55. The van der Waals surface area contributed by atoms with Gasteiger partial charge in [-0.25, -0.2) is 4.39 Å². The van der Waals surface area contributed by atoms with E-state index in [-0.39, 0.29) is 37.0 Å². The van der Waals surface area contributed by atoms with Crippen molar-refractivity contribution in [3.63, 3.8) is 0 Å². The van der Waals surface area contributed by atoms with Crippen molar-refractivity contribution >= 4 is 23.4 Å². The average Bonchev–Trinajstić information content (AvgIpc) is 3.09. The second-order valence-corrected chi connectivity index (χ2v) is 11.1. The molecule has 1 aliphatic heterocycles. The van der Waals surface area contributed by atoms with E-state index >= 15 is 0 Å². The van der Waals surface area contributed by atoms with Crippen LogP contribution in [0.2, 0.25) is 0 Å². The molecule has 5 rings (SSSR count). The van der Waals surface area contributed by atoms with Gasteiger partial charge in [-0.05, 0) is 64.2 Å². The van der Waals surface area contributed by atoms with E-state index < -0.39 is 34.8 Å². The normalized spacial score (nSPS) is 46.1. The van der Waals surface area contributed by atoms with Gasteiger partial charge in [0, 0.05) is 12.0 Å². The molecule has 5 fully saturated rings. The van der Waals surface area contributed by atoms with Crippen LogP contribution in [0.1, 0.15) is 71.6 Å². The maximum Gasteiger partial charge on any atom is 0.249 e. The molecule has 0 radical (unpaired) electrons. The molecule has 1 saturated heterocycles. The van der Waals surface area contributed by atoms with Gasteiger partial charge < -0.3 is 25.2 Å². The Balaban J connectivity index is 1.27. The van der Waals surface area contributed by atoms with Crippen molar-refractivity contribution < 1.29 is 28.6 Å². The van der Waals surface area contributed by atoms with Crippen molar-refractivity contribution in [3.8, 4) is 0 Å². The second-order valence-electron chi connectivity index (χ2n) is 10.5. The van der Waals surface area contributed by atoms with Crippen LogP contribution in [0.3, 0.4) is 0 Å². The minimum absolute atomic E-state index is 0.0670. The van der Waals surface area contributed by atoms with E-state index in [2.05, 4.69) is 17.6 Å². The highest BCUT2D eigenvalue weighted by Crippen LogP contribution is 2.47. The molecule has 0 aromatic rings. The van der Waals surface area contributed by atoms with E-state index in [4.69, 9.17) is 21.1 Å². The number of halogens is 2. The summed E-state index contributed by atoms with van der Waals surface area (Å²) in [6.07, 6.45) is 2.51. The van der Waals surface area contributed by atoms with Crippen LogP contribution < -0.4 is 10.6 Å². The number of hydrogen-bond donors (Lipinski definition) is 3. The van der Waals surface area contributed by atoms with E-state index in [1.807, 2.05) is 6.92 Å². The third kappa shape index (κ3) is 4.93. The van der Waals surface area contributed by atoms with Crippen molar-refractivity contribution in [2.45, 2.75) is 119 Å². The molecular formula is C23H36ClFN2O5. The Morgan fingerprint density at radius 3 is 2.47 bits per heavy atom. The smallest absolute Gasteiger partial charge is 0.249 e. The Bertz CT molecular complexity index is 707. The first kappa shape index (κ1) is 24.2. The Morgan fingerprint density at radius 2 is 1.88 bits per heavy atom. The zero-order valence-electron chi connectivity index (χ0n) is 18.9. The van der Waals surface area contributed by atoms with Crippen LogP contribution in [-0.4, -0.2) is 70.6 Å². The third-order valence-corrected chi connectivity index (χ3v) is 8.74. The number of ether oxygens (including phenoxy) is 2. The maximum atomic E-state index is 13.8. The van der Waals surface area contributed by atoms with Gasteiger partial charge in [-0.1, -0.05) is 6.92 Å². The average molecular weight is 475 g/mol. The minimum atomic E-state index is -1.11. The fraction of sp³-hybridized carbons (Fsp3) is 0.913. The second kappa shape index (κ2) is 9.35. The number of carbonyl (C=O) groups excluding carboxylic acids is 2. The Kier molecular flexibility index (Phi) is 7.07. The molecule has 7 unspecified atom stereocenters. The first-order valence-electron chi connectivity index (χ1n) is 12.0. The fourth-order valence-electron chi connectivity index (χ4n) is 5.85. The SMILES string of the molecule is CC1CC(C(=O)NC23CCC(NC(=O)COC4CCC(Cl)C(F)C4)(CC2)C(O)C3)OC1C. The van der Waals surface area contributed by atoms with Gasteiger partial charge in [-0.2, -0.15) is 0 Å². The number of nitrogens with one attached hydrogen (secondary N) is 2. The molecule has 2 bridgehead atoms. The van der Waals surface area contributed by atoms with Gasteiger partial charge in [0.05, 0.1) is 29.2 Å². The van der Waals surface area contributed by atoms with Crippen molar-refractivity contribution in [3.05, 3.63) is 0 Å². The lowest BCUT2D eigenvalue weighted by molar-refractivity contribution is -0.143. The molecule has 4 saturated carbocycles. The molecule has 3 N–H and O–H groups in total. The lowest BCUT2D eigenvalue weighted by Gasteiger charge is -2.56. The number of aliphatic hydroxyl groups excluding tert-OH is 1. The quantitative estimate of drug-likeness (QED) is 0.513. The summed E-state index contributed by atoms with van der Waals surface area (Å²) in [5, 5.41) is 16.6. The van der Waals surface area contributed by atoms with Crippen LogP contribution in [0.4, 0.5) is 4.39 Å². The summed E-state index contributed by atoms with van der Waals surface area (Å²) in [7, 11) is 0. The minimum Gasteiger partial charge on any atom is -0.391 e. The van der Waals surface area contributed by atoms with Crippen LogP contribution in [0.25, 0.3) is 0 Å². The zero-order valence-corrected chi connectivity index (χ0v) is 19.7. The van der Waals surface area contributed by atoms with Gasteiger partial charge in [0.1, 0.15) is 18.9 Å². The largest absolute Gasteiger partial charge is 0.391 e. The number of carbonyl (C=O) groups is 2. The van der Waals surface area contributed by atoms with E-state index in [0.29, 0.717) is 57.3 Å². The van der Waals surface area contributed by atoms with Crippen LogP contribution >= 0.6 is 11.6 Å². The molecule has 5 aliphatic rings. The summed E-state index contributed by atoms with van der Waals surface area (Å²) in [5.74, 6) is -0.0521. The highest BCUT2D eigenvalue weighted by atomic mass is 35.5. The molecule has 9 heteroatoms. The molecule has 7 atom stereocenters. The Hall–Kier alpha value is -0.960. The van der Waals surface area contributed by atoms with Crippen LogP contribution in [0.5, 0.6) is 0 Å². The molecule has 4 aliphatic carbocycles. The van der Waals surface area contributed by atoms with E-state index in [0.717, 1.165) is 0 Å². The van der Waals surface area contributed by atoms with Crippen molar-refractivity contribution in [2.24, 2.45) is 5.92 Å². The van der Waals surface area contributed by atoms with E-state index in [1.165, 1.54) is 0 Å². The first-order chi connectivity index (χ1) is 15.1. The van der Waals surface area contributed by atoms with Crippen LogP contribution in [-0.2, 0) is 19.1 Å². The molecule has 2 amide bonds. The standard InChI is InChI=1S/C23H36ClFN2O5/c1-13-9-18(32-14(13)2)21(30)27-22-5-7-23(8-6-22,19(28)11-22)26-20(29)12-31-15-3-4-16(24)17(25)10-15/h13-19,28H,3-12H2,1-2H3,(H,26,29)(H,27,30). The number of alkyl halides is 2. The summed E-state index contributed by atoms with van der Waals surface area (Å²) in [6.45, 7) is 3.91. The Labute approximate surface area is 194 Å². The first-order valence-corrected chi connectivity index (χ1v) is 12.4. The summed E-state index contributed by atoms with van der Waals surface area (Å²) >= 11 is 5.90. The summed E-state index contributed by atoms with van der Waals surface area (Å²) in [4.78, 5) is 25.4. The number of hydrogen-bond acceptors (Lipinski definition) is 5. The van der Waals surface area contributed by atoms with Crippen molar-refractivity contribution in [1.29, 1.82) is 0 Å². The topological polar surface area (TPSA) is 96.9 Å². The van der Waals surface area contributed by atoms with Gasteiger partial charge in [-0.15, -0.1) is 11.6 Å². The van der Waals surface area contributed by atoms with Gasteiger partial charge in [0.25, 0.3) is 0 Å². The molecule has 0 aromatic carbocycles. The molecule has 7 nitrogen and oxygen atoms in total. The lowest BCUT2D eigenvalue weighted by atomic mass is 9.60. The van der Waals surface area contributed by atoms with Gasteiger partial charge >= 0.3 is 0 Å². The summed E-state index contributed by atoms with van der Waals surface area (Å²) < 4.78 is 25.2. The van der Waals surface area contributed by atoms with E-state index in [9.17, 15) is 19.1 Å². The predicted molar refractivity (Wildman–Crippen MR) is 117 cm³/mol. The lowest BCUT2D eigenvalue weighted by Crippen LogP contribution is -2.70. The molecule has 32 heavy (non-hydrogen) atoms. The number of rotatable bonds is 6. The van der Waals surface area contributed by atoms with Gasteiger partial charge in [0.15, 0.2) is 0 Å². The summed E-state index contributed by atoms with van der Waals surface area (Å²) in [5.41, 5.74) is -1.15. The summed E-state index contributed by atoms with van der Waals surface area (Å²) in [6, 6.07) is 0. The van der Waals surface area contributed by atoms with Gasteiger partial charge in [0.2, 0.25) is 11.8 Å². The fourth-order valence-corrected chi connectivity index (χ4v) is 6.08. The molecular weight excluding hydrogens is 439 g/mol. The number of amides is 2. The van der Waals surface area contributed by atoms with Crippen LogP contribution in [0.15, 0.2) is 0 Å². The van der Waals surface area contributed by atoms with E-state index in [1.54, 1.807) is 0 Å². The maximum absolute atomic E-state index is 13.8. The predicted octanol–water partition coefficient (Wildman–Crippen LogP) is 2.36. The van der Waals surface area contributed by atoms with Crippen molar-refractivity contribution in [2.75, 3.05) is 6.61 Å². The van der Waals surface area contributed by atoms with Crippen LogP contribution in [0, 0.1) is 5.92 Å². The Morgan fingerprint density at radius 1 is 1.16 bits per heavy atom. The zero-order chi connectivity index (χ0) is 23.1. The highest BCUT2D eigenvalue weighted by molar-refractivity contribution is 6.21. The molecule has 0 aromatic heterocycles. The third-order valence-electron chi connectivity index (χ3n) is 8.25. The number of aliphatic hydroxyl groups is 1. The van der Waals surface area contributed by atoms with Gasteiger partial charge in [-0.3, -0.25) is 9.59 Å². The number of fused-ring (bicyclic) bond motifs is 3. The molecule has 182 valence electrons. The molecule has 0 spiro atoms. The molecule has 1 heterocycles. The van der Waals surface area contributed by atoms with Crippen molar-refractivity contribution in [1.82, 2.24) is 10.6 Å².